The maximum atomic E-state index is 12.2. The highest BCUT2D eigenvalue weighted by Crippen LogP contribution is 2.30. The van der Waals surface area contributed by atoms with Gasteiger partial charge in [0, 0.05) is 6.92 Å². The monoisotopic (exact) mass is 272 g/mol. The van der Waals surface area contributed by atoms with Gasteiger partial charge in [-0.3, -0.25) is 9.59 Å². The molecule has 0 aliphatic heterocycles. The smallest absolute Gasteiger partial charge is 0.390 e. The summed E-state index contributed by atoms with van der Waals surface area (Å²) < 4.78 is 41.5. The topological polar surface area (TPSA) is 43.4 Å². The first kappa shape index (κ1) is 16.3. The van der Waals surface area contributed by atoms with E-state index in [1.807, 2.05) is 0 Å². The number of hydrogen-bond acceptors (Lipinski definition) is 4. The van der Waals surface area contributed by atoms with Gasteiger partial charge in [0.25, 0.3) is 0 Å². The fourth-order valence-electron chi connectivity index (χ4n) is 0.951. The SMILES string of the molecule is CC(=O)S[C@@H](CC(F)(F)F)C(=O)OC(C)(C)C. The number of carbonyl (C=O) groups is 2. The Morgan fingerprint density at radius 1 is 1.24 bits per heavy atom. The second-order valence-electron chi connectivity index (χ2n) is 4.45. The molecule has 0 saturated carbocycles. The van der Waals surface area contributed by atoms with Crippen LogP contribution in [0.25, 0.3) is 0 Å². The molecule has 0 aliphatic rings. The Labute approximate surface area is 102 Å². The van der Waals surface area contributed by atoms with Crippen LogP contribution in [0.15, 0.2) is 0 Å². The van der Waals surface area contributed by atoms with Gasteiger partial charge < -0.3 is 4.74 Å². The Bertz CT molecular complexity index is 294. The van der Waals surface area contributed by atoms with Crippen LogP contribution in [0.3, 0.4) is 0 Å². The molecule has 100 valence electrons. The first-order valence-electron chi connectivity index (χ1n) is 4.87. The molecule has 0 heterocycles. The van der Waals surface area contributed by atoms with Crippen LogP contribution in [0.1, 0.15) is 34.1 Å². The zero-order valence-corrected chi connectivity index (χ0v) is 10.9. The molecule has 1 atom stereocenters. The summed E-state index contributed by atoms with van der Waals surface area (Å²) in [6.45, 7) is 5.76. The lowest BCUT2D eigenvalue weighted by atomic mass is 10.2. The number of esters is 1. The average molecular weight is 272 g/mol. The third-order valence-electron chi connectivity index (χ3n) is 1.39. The van der Waals surface area contributed by atoms with Crippen LogP contribution in [0, 0.1) is 0 Å². The van der Waals surface area contributed by atoms with Crippen LogP contribution in [0.5, 0.6) is 0 Å². The van der Waals surface area contributed by atoms with Gasteiger partial charge >= 0.3 is 12.1 Å². The molecule has 0 fully saturated rings. The first-order valence-corrected chi connectivity index (χ1v) is 5.75. The summed E-state index contributed by atoms with van der Waals surface area (Å²) in [4.78, 5) is 22.3. The standard InChI is InChI=1S/C10H15F3O3S/c1-6(14)17-7(5-10(11,12)13)8(15)16-9(2,3)4/h7H,5H2,1-4H3/t7-/m0/s1. The zero-order valence-electron chi connectivity index (χ0n) is 10.1. The normalized spacial score (nSPS) is 14.3. The van der Waals surface area contributed by atoms with Crippen molar-refractivity contribution in [2.45, 2.75) is 51.1 Å². The summed E-state index contributed by atoms with van der Waals surface area (Å²) in [6, 6.07) is 0. The number of ether oxygens (including phenoxy) is 1. The molecule has 0 N–H and O–H groups in total. The molecule has 0 radical (unpaired) electrons. The second-order valence-corrected chi connectivity index (χ2v) is 5.83. The van der Waals surface area contributed by atoms with Crippen molar-refractivity contribution in [2.75, 3.05) is 0 Å². The predicted octanol–water partition coefficient (Wildman–Crippen LogP) is 2.93. The van der Waals surface area contributed by atoms with E-state index in [0.717, 1.165) is 6.92 Å². The summed E-state index contributed by atoms with van der Waals surface area (Å²) in [6.07, 6.45) is -5.88. The third-order valence-corrected chi connectivity index (χ3v) is 2.37. The van der Waals surface area contributed by atoms with Gasteiger partial charge in [0.1, 0.15) is 10.9 Å². The average Bonchev–Trinajstić information content (AvgIpc) is 1.95. The van der Waals surface area contributed by atoms with Crippen LogP contribution in [0.2, 0.25) is 0 Å². The van der Waals surface area contributed by atoms with E-state index in [1.165, 1.54) is 0 Å². The summed E-state index contributed by atoms with van der Waals surface area (Å²) in [5, 5.41) is -2.09. The molecule has 7 heteroatoms. The van der Waals surface area contributed by atoms with E-state index in [-0.39, 0.29) is 0 Å². The minimum Gasteiger partial charge on any atom is -0.459 e. The second kappa shape index (κ2) is 5.75. The van der Waals surface area contributed by atoms with Crippen LogP contribution in [0.4, 0.5) is 13.2 Å². The number of thioether (sulfide) groups is 1. The summed E-state index contributed by atoms with van der Waals surface area (Å²) in [7, 11) is 0. The Balaban J connectivity index is 4.68. The molecule has 0 amide bonds. The number of halogens is 3. The molecule has 0 saturated heterocycles. The van der Waals surface area contributed by atoms with Gasteiger partial charge in [0.05, 0.1) is 6.42 Å². The van der Waals surface area contributed by atoms with Crippen molar-refractivity contribution in [1.29, 1.82) is 0 Å². The summed E-state index contributed by atoms with van der Waals surface area (Å²) in [5.41, 5.74) is -0.877. The van der Waals surface area contributed by atoms with Crippen LogP contribution in [-0.2, 0) is 14.3 Å². The zero-order chi connectivity index (χ0) is 13.9. The highest BCUT2D eigenvalue weighted by molar-refractivity contribution is 8.14. The summed E-state index contributed by atoms with van der Waals surface area (Å²) >= 11 is 0.342. The molecule has 17 heavy (non-hydrogen) atoms. The minimum absolute atomic E-state index is 0.342. The molecule has 0 rings (SSSR count). The molecular formula is C10H15F3O3S. The van der Waals surface area contributed by atoms with E-state index in [1.54, 1.807) is 20.8 Å². The van der Waals surface area contributed by atoms with E-state index < -0.39 is 34.5 Å². The van der Waals surface area contributed by atoms with Crippen molar-refractivity contribution in [3.8, 4) is 0 Å². The first-order chi connectivity index (χ1) is 7.41. The number of rotatable bonds is 3. The molecule has 3 nitrogen and oxygen atoms in total. The Hall–Kier alpha value is -0.720. The van der Waals surface area contributed by atoms with Gasteiger partial charge in [-0.25, -0.2) is 0 Å². The molecule has 0 bridgehead atoms. The lowest BCUT2D eigenvalue weighted by molar-refractivity contribution is -0.164. The van der Waals surface area contributed by atoms with Crippen molar-refractivity contribution in [3.05, 3.63) is 0 Å². The van der Waals surface area contributed by atoms with Crippen LogP contribution >= 0.6 is 11.8 Å². The van der Waals surface area contributed by atoms with E-state index in [2.05, 4.69) is 0 Å². The van der Waals surface area contributed by atoms with Crippen molar-refractivity contribution >= 4 is 22.8 Å². The maximum Gasteiger partial charge on any atom is 0.390 e. The van der Waals surface area contributed by atoms with Gasteiger partial charge in [-0.1, -0.05) is 11.8 Å². The molecule has 0 aliphatic carbocycles. The van der Waals surface area contributed by atoms with E-state index in [0.29, 0.717) is 11.8 Å². The van der Waals surface area contributed by atoms with E-state index in [4.69, 9.17) is 4.74 Å². The van der Waals surface area contributed by atoms with Gasteiger partial charge in [0.2, 0.25) is 0 Å². The molecule has 0 aromatic carbocycles. The van der Waals surface area contributed by atoms with Gasteiger partial charge in [0.15, 0.2) is 5.12 Å². The van der Waals surface area contributed by atoms with E-state index in [9.17, 15) is 22.8 Å². The van der Waals surface area contributed by atoms with Gasteiger partial charge in [-0.05, 0) is 20.8 Å². The van der Waals surface area contributed by atoms with Crippen LogP contribution in [-0.4, -0.2) is 28.1 Å². The van der Waals surface area contributed by atoms with Crippen molar-refractivity contribution in [3.63, 3.8) is 0 Å². The van der Waals surface area contributed by atoms with Crippen molar-refractivity contribution < 1.29 is 27.5 Å². The lowest BCUT2D eigenvalue weighted by Gasteiger charge is -2.23. The molecule has 0 aromatic heterocycles. The summed E-state index contributed by atoms with van der Waals surface area (Å²) in [5.74, 6) is -1.02. The van der Waals surface area contributed by atoms with Crippen LogP contribution < -0.4 is 0 Å². The molecular weight excluding hydrogens is 257 g/mol. The largest absolute Gasteiger partial charge is 0.459 e. The van der Waals surface area contributed by atoms with Gasteiger partial charge in [-0.2, -0.15) is 13.2 Å². The fourth-order valence-corrected chi connectivity index (χ4v) is 1.77. The quantitative estimate of drug-likeness (QED) is 0.741. The molecule has 0 aromatic rings. The maximum absolute atomic E-state index is 12.2. The third kappa shape index (κ3) is 9.02. The molecule has 0 spiro atoms. The van der Waals surface area contributed by atoms with Gasteiger partial charge in [-0.15, -0.1) is 0 Å². The number of alkyl halides is 3. The lowest BCUT2D eigenvalue weighted by Crippen LogP contribution is -2.33. The fraction of sp³-hybridized carbons (Fsp3) is 0.800. The Morgan fingerprint density at radius 3 is 2.00 bits per heavy atom. The molecule has 0 unspecified atom stereocenters. The number of carbonyl (C=O) groups excluding carboxylic acids is 2. The number of hydrogen-bond donors (Lipinski definition) is 0. The van der Waals surface area contributed by atoms with E-state index >= 15 is 0 Å². The Morgan fingerprint density at radius 2 is 1.71 bits per heavy atom. The Kier molecular flexibility index (Phi) is 5.51. The van der Waals surface area contributed by atoms with Crippen molar-refractivity contribution in [2.24, 2.45) is 0 Å². The minimum atomic E-state index is -4.51. The van der Waals surface area contributed by atoms with Crippen molar-refractivity contribution in [1.82, 2.24) is 0 Å². The highest BCUT2D eigenvalue weighted by atomic mass is 32.2. The highest BCUT2D eigenvalue weighted by Gasteiger charge is 2.38. The predicted molar refractivity (Wildman–Crippen MR) is 58.6 cm³/mol.